The van der Waals surface area contributed by atoms with Gasteiger partial charge in [0, 0.05) is 0 Å². The molecule has 0 saturated heterocycles. The first-order chi connectivity index (χ1) is 12.0. The van der Waals surface area contributed by atoms with Gasteiger partial charge in [0.25, 0.3) is 0 Å². The summed E-state index contributed by atoms with van der Waals surface area (Å²) < 4.78 is 1.74. The van der Waals surface area contributed by atoms with E-state index >= 15 is 0 Å². The Labute approximate surface area is 184 Å². The average Bonchev–Trinajstić information content (AvgIpc) is 3.12. The van der Waals surface area contributed by atoms with Crippen molar-refractivity contribution in [3.8, 4) is 0 Å². The van der Waals surface area contributed by atoms with Crippen LogP contribution < -0.4 is 10.6 Å². The maximum Gasteiger partial charge on any atom is -0.147 e. The van der Waals surface area contributed by atoms with E-state index in [2.05, 4.69) is 115 Å². The third-order valence-electron chi connectivity index (χ3n) is 6.73. The molecule has 0 aliphatic heterocycles. The Balaban J connectivity index is 0.00000196. The quantitative estimate of drug-likeness (QED) is 0.293. The predicted octanol–water partition coefficient (Wildman–Crippen LogP) is 7.93. The maximum atomic E-state index is 2.69. The summed E-state index contributed by atoms with van der Waals surface area (Å²) in [7, 11) is -3.47. The minimum atomic E-state index is -3.12. The van der Waals surface area contributed by atoms with Crippen molar-refractivity contribution in [3.63, 3.8) is 0 Å². The van der Waals surface area contributed by atoms with Crippen LogP contribution in [-0.4, -0.2) is 6.30 Å². The summed E-state index contributed by atoms with van der Waals surface area (Å²) in [6.07, 6.45) is 6.51. The molecule has 0 fully saturated rings. The van der Waals surface area contributed by atoms with Gasteiger partial charge in [-0.05, 0) is 0 Å². The summed E-state index contributed by atoms with van der Waals surface area (Å²) in [5.74, 6) is 10.8. The van der Waals surface area contributed by atoms with Crippen molar-refractivity contribution >= 4 is 49.2 Å². The Morgan fingerprint density at radius 3 is 1.54 bits per heavy atom. The Morgan fingerprint density at radius 2 is 1.18 bits per heavy atom. The van der Waals surface area contributed by atoms with Crippen LogP contribution in [0.15, 0.2) is 83.3 Å². The number of halogens is 2. The second-order valence-corrected chi connectivity index (χ2v) is 46.9. The summed E-state index contributed by atoms with van der Waals surface area (Å²) in [5, 5.41) is 3.10. The number of benzene rings is 2. The second kappa shape index (κ2) is 8.07. The van der Waals surface area contributed by atoms with Crippen LogP contribution in [-0.2, 0) is 10.3 Å². The molecule has 2 aromatic rings. The van der Waals surface area contributed by atoms with Crippen molar-refractivity contribution in [2.75, 3.05) is 0 Å². The summed E-state index contributed by atoms with van der Waals surface area (Å²) in [6, 6.07) is 22.7. The van der Waals surface area contributed by atoms with Gasteiger partial charge in [0.15, 0.2) is 0 Å². The SMILES string of the molecule is C[Si](C)(P(c1ccccc1)c1ccccc1)[Cr]([CH3])([CH3])([CH3])([CH3])[C]1=CC=CC1.Cl.Cl. The summed E-state index contributed by atoms with van der Waals surface area (Å²) >= 11 is 0. The maximum absolute atomic E-state index is 3.12. The van der Waals surface area contributed by atoms with Gasteiger partial charge >= 0.3 is 161 Å². The van der Waals surface area contributed by atoms with Gasteiger partial charge in [0.05, 0.1) is 0 Å². The van der Waals surface area contributed by atoms with Gasteiger partial charge in [-0.15, -0.1) is 24.8 Å². The van der Waals surface area contributed by atoms with E-state index < -0.39 is 16.6 Å². The molecule has 28 heavy (non-hydrogen) atoms. The zero-order valence-corrected chi connectivity index (χ0v) is 22.7. The molecule has 0 heterocycles. The molecular formula is C23H35Cl2CrPSi. The third-order valence-corrected chi connectivity index (χ3v) is 57.7. The van der Waals surface area contributed by atoms with Gasteiger partial charge in [-0.2, -0.15) is 0 Å². The van der Waals surface area contributed by atoms with E-state index in [1.54, 1.807) is 15.0 Å². The minimum Gasteiger partial charge on any atom is -0.147 e. The Bertz CT molecular complexity index is 828. The van der Waals surface area contributed by atoms with Gasteiger partial charge in [-0.1, -0.05) is 0 Å². The van der Waals surface area contributed by atoms with Crippen molar-refractivity contribution < 1.29 is 10.3 Å². The van der Waals surface area contributed by atoms with E-state index in [0.717, 1.165) is 6.42 Å². The molecule has 3 rings (SSSR count). The first kappa shape index (κ1) is 25.7. The molecule has 1 aliphatic rings. The molecule has 0 unspecified atom stereocenters. The first-order valence-corrected chi connectivity index (χ1v) is 22.0. The van der Waals surface area contributed by atoms with Gasteiger partial charge in [0.2, 0.25) is 0 Å². The molecule has 0 amide bonds. The second-order valence-electron chi connectivity index (χ2n) is 9.90. The molecule has 0 spiro atoms. The molecule has 0 radical (unpaired) electrons. The van der Waals surface area contributed by atoms with Crippen LogP contribution in [0.2, 0.25) is 36.2 Å². The van der Waals surface area contributed by atoms with Gasteiger partial charge < -0.3 is 0 Å². The van der Waals surface area contributed by atoms with Gasteiger partial charge in [-0.3, -0.25) is 0 Å². The van der Waals surface area contributed by atoms with Crippen LogP contribution in [0.3, 0.4) is 0 Å². The zero-order chi connectivity index (χ0) is 19.1. The molecule has 156 valence electrons. The topological polar surface area (TPSA) is 0 Å². The molecule has 2 aromatic carbocycles. The van der Waals surface area contributed by atoms with Crippen LogP contribution in [0.1, 0.15) is 6.42 Å². The summed E-state index contributed by atoms with van der Waals surface area (Å²) in [5.41, 5.74) is 0. The van der Waals surface area contributed by atoms with Crippen LogP contribution in [0, 0.1) is 0 Å². The number of rotatable bonds is 5. The monoisotopic (exact) mass is 492 g/mol. The van der Waals surface area contributed by atoms with Gasteiger partial charge in [0.1, 0.15) is 0 Å². The van der Waals surface area contributed by atoms with E-state index in [1.807, 2.05) is 0 Å². The largest absolute Gasteiger partial charge is 0.147 e. The van der Waals surface area contributed by atoms with Crippen molar-refractivity contribution in [2.45, 2.75) is 42.7 Å². The van der Waals surface area contributed by atoms with Crippen molar-refractivity contribution in [1.29, 1.82) is 0 Å². The molecule has 0 atom stereocenters. The van der Waals surface area contributed by atoms with Crippen molar-refractivity contribution in [1.82, 2.24) is 0 Å². The number of hydrogen-bond donors (Lipinski definition) is 0. The van der Waals surface area contributed by atoms with E-state index in [0.29, 0.717) is 0 Å². The summed E-state index contributed by atoms with van der Waals surface area (Å²) in [4.78, 5) is 0. The number of hydrogen-bond acceptors (Lipinski definition) is 0. The van der Waals surface area contributed by atoms with Crippen LogP contribution in [0.25, 0.3) is 0 Å². The van der Waals surface area contributed by atoms with Crippen LogP contribution in [0.4, 0.5) is 0 Å². The molecule has 1 aliphatic carbocycles. The van der Waals surface area contributed by atoms with Crippen LogP contribution in [0.5, 0.6) is 0 Å². The molecule has 0 saturated carbocycles. The van der Waals surface area contributed by atoms with E-state index in [4.69, 9.17) is 0 Å². The normalized spacial score (nSPS) is 16.5. The number of allylic oxidation sites excluding steroid dienone is 4. The molecular weight excluding hydrogens is 458 g/mol. The van der Waals surface area contributed by atoms with Crippen molar-refractivity contribution in [2.24, 2.45) is 0 Å². The average molecular weight is 493 g/mol. The fraction of sp³-hybridized carbons (Fsp3) is 0.304. The molecule has 0 N–H and O–H groups in total. The van der Waals surface area contributed by atoms with Crippen LogP contribution >= 0.6 is 32.3 Å². The minimum absolute atomic E-state index is 0. The van der Waals surface area contributed by atoms with E-state index in [1.165, 1.54) is 0 Å². The Hall–Kier alpha value is -0.321. The molecule has 0 nitrogen and oxygen atoms in total. The standard InChI is InChI=1S/C14H16PSi.C5H5.4CH3.2ClH.Cr/c1-16(2)15(13-9-5-3-6-10-13)14-11-7-4-8-12-14;1-2-4-5-3-1;;;;;;;/h3-12H,1-2H3;1-3H,4H2;4*1H3;2*1H;. The molecule has 0 bridgehead atoms. The fourth-order valence-corrected chi connectivity index (χ4v) is 36.8. The van der Waals surface area contributed by atoms with E-state index in [9.17, 15) is 0 Å². The Morgan fingerprint density at radius 1 is 0.750 bits per heavy atom. The first-order valence-electron chi connectivity index (χ1n) is 9.25. The van der Waals surface area contributed by atoms with Crippen molar-refractivity contribution in [3.05, 3.63) is 83.3 Å². The fourth-order valence-electron chi connectivity index (χ4n) is 3.77. The summed E-state index contributed by atoms with van der Waals surface area (Å²) in [6.45, 7) is 5.38. The predicted molar refractivity (Wildman–Crippen MR) is 136 cm³/mol. The van der Waals surface area contributed by atoms with Gasteiger partial charge in [-0.25, -0.2) is 0 Å². The smallest absolute Gasteiger partial charge is 0.147 e. The molecule has 0 aromatic heterocycles. The van der Waals surface area contributed by atoms with E-state index in [-0.39, 0.29) is 32.3 Å². The third kappa shape index (κ3) is 4.11. The molecule has 5 heteroatoms. The Kier molecular flexibility index (Phi) is 7.42. The zero-order valence-electron chi connectivity index (χ0n) is 17.9.